The van der Waals surface area contributed by atoms with E-state index in [0.717, 1.165) is 32.6 Å². The maximum absolute atomic E-state index is 7.44. The number of ether oxygens (including phenoxy) is 2. The van der Waals surface area contributed by atoms with Gasteiger partial charge in [-0.1, -0.05) is 38.1 Å². The molecule has 1 saturated carbocycles. The Bertz CT molecular complexity index is 1280. The Hall–Kier alpha value is -2.01. The quantitative estimate of drug-likeness (QED) is 0.434. The Morgan fingerprint density at radius 3 is 2.79 bits per heavy atom. The Morgan fingerprint density at radius 2 is 1.95 bits per heavy atom. The molecule has 2 bridgehead atoms. The van der Waals surface area contributed by atoms with Crippen molar-refractivity contribution in [1.82, 2.24) is 9.88 Å². The number of allylic oxidation sites excluding steroid dienone is 1. The fourth-order valence-electron chi connectivity index (χ4n) is 8.56. The molecule has 38 heavy (non-hydrogen) atoms. The molecule has 0 N–H and O–H groups in total. The monoisotopic (exact) mass is 512 g/mol. The highest BCUT2D eigenvalue weighted by atomic mass is 16.5. The molecule has 4 heteroatoms. The lowest BCUT2D eigenvalue weighted by Gasteiger charge is -2.51. The third-order valence-electron chi connectivity index (χ3n) is 10.9. The zero-order chi connectivity index (χ0) is 26.0. The molecule has 3 aliphatic heterocycles. The summed E-state index contributed by atoms with van der Waals surface area (Å²) in [5, 5.41) is 2.54. The third kappa shape index (κ3) is 4.10. The van der Waals surface area contributed by atoms with E-state index < -0.39 is 0 Å². The normalized spacial score (nSPS) is 37.6. The van der Waals surface area contributed by atoms with Crippen LogP contribution < -0.4 is 0 Å². The average Bonchev–Trinajstić information content (AvgIpc) is 3.26. The van der Waals surface area contributed by atoms with Gasteiger partial charge in [0.15, 0.2) is 0 Å². The molecule has 7 rings (SSSR count). The molecule has 1 aromatic heterocycles. The molecule has 5 aliphatic rings. The van der Waals surface area contributed by atoms with Crippen molar-refractivity contribution in [2.45, 2.75) is 94.8 Å². The van der Waals surface area contributed by atoms with Crippen molar-refractivity contribution in [1.29, 1.82) is 0 Å². The number of rotatable bonds is 4. The van der Waals surface area contributed by atoms with Crippen molar-refractivity contribution in [3.05, 3.63) is 65.5 Å². The largest absolute Gasteiger partial charge is 0.380 e. The van der Waals surface area contributed by atoms with E-state index in [-0.39, 0.29) is 11.2 Å². The first kappa shape index (κ1) is 25.0. The van der Waals surface area contributed by atoms with Crippen LogP contribution in [0.5, 0.6) is 0 Å². The van der Waals surface area contributed by atoms with Gasteiger partial charge >= 0.3 is 0 Å². The third-order valence-corrected chi connectivity index (χ3v) is 10.9. The number of hydrogen-bond acceptors (Lipinski definition) is 4. The maximum atomic E-state index is 7.44. The Kier molecular flexibility index (Phi) is 6.10. The SMILES string of the molecule is C[C@H]1CCC(c2ccc3ccncc3c2)CC/C=C2/C=C3CCC(N(C)CC4(C)COC4)C[C@]34CC[C@@]21O4. The van der Waals surface area contributed by atoms with E-state index in [9.17, 15) is 0 Å². The molecule has 4 heterocycles. The fraction of sp³-hybridized carbons (Fsp3) is 0.618. The van der Waals surface area contributed by atoms with Gasteiger partial charge in [0, 0.05) is 35.8 Å². The van der Waals surface area contributed by atoms with E-state index in [0.29, 0.717) is 23.3 Å². The van der Waals surface area contributed by atoms with Crippen molar-refractivity contribution in [3.8, 4) is 0 Å². The molecular formula is C34H44N2O2. The minimum Gasteiger partial charge on any atom is -0.380 e. The molecule has 2 aromatic rings. The summed E-state index contributed by atoms with van der Waals surface area (Å²) in [6.07, 6.45) is 19.8. The lowest BCUT2D eigenvalue weighted by Crippen LogP contribution is -2.54. The minimum absolute atomic E-state index is 0.0431. The first-order valence-corrected chi connectivity index (χ1v) is 15.1. The van der Waals surface area contributed by atoms with E-state index in [2.05, 4.69) is 67.2 Å². The van der Waals surface area contributed by atoms with Gasteiger partial charge in [-0.15, -0.1) is 0 Å². The summed E-state index contributed by atoms with van der Waals surface area (Å²) in [5.41, 5.74) is 4.75. The lowest BCUT2D eigenvalue weighted by atomic mass is 9.73. The van der Waals surface area contributed by atoms with Crippen molar-refractivity contribution in [2.75, 3.05) is 26.8 Å². The van der Waals surface area contributed by atoms with Crippen LogP contribution in [-0.4, -0.2) is 53.9 Å². The van der Waals surface area contributed by atoms with Crippen LogP contribution in [0.15, 0.2) is 60.0 Å². The molecule has 2 aliphatic carbocycles. The number of hydrogen-bond donors (Lipinski definition) is 0. The van der Waals surface area contributed by atoms with Gasteiger partial charge in [-0.3, -0.25) is 4.98 Å². The van der Waals surface area contributed by atoms with Gasteiger partial charge in [-0.2, -0.15) is 0 Å². The van der Waals surface area contributed by atoms with Crippen LogP contribution in [0.2, 0.25) is 0 Å². The Balaban J connectivity index is 1.12. The lowest BCUT2D eigenvalue weighted by molar-refractivity contribution is -0.133. The van der Waals surface area contributed by atoms with Crippen molar-refractivity contribution >= 4 is 10.8 Å². The predicted octanol–water partition coefficient (Wildman–Crippen LogP) is 7.20. The van der Waals surface area contributed by atoms with Crippen LogP contribution >= 0.6 is 0 Å². The summed E-state index contributed by atoms with van der Waals surface area (Å²) in [5.74, 6) is 1.12. The molecule has 0 amide bonds. The zero-order valence-electron chi connectivity index (χ0n) is 23.5. The van der Waals surface area contributed by atoms with Crippen molar-refractivity contribution in [2.24, 2.45) is 11.3 Å². The highest BCUT2D eigenvalue weighted by Crippen LogP contribution is 2.59. The molecule has 2 spiro atoms. The summed E-state index contributed by atoms with van der Waals surface area (Å²) in [6.45, 7) is 7.79. The molecule has 3 fully saturated rings. The molecule has 5 atom stereocenters. The maximum Gasteiger partial charge on any atom is 0.0966 e. The van der Waals surface area contributed by atoms with Crippen LogP contribution in [0.3, 0.4) is 0 Å². The van der Waals surface area contributed by atoms with Crippen LogP contribution in [0, 0.1) is 11.3 Å². The van der Waals surface area contributed by atoms with E-state index in [1.165, 1.54) is 66.9 Å². The van der Waals surface area contributed by atoms with Crippen molar-refractivity contribution in [3.63, 3.8) is 0 Å². The Morgan fingerprint density at radius 1 is 1.05 bits per heavy atom. The first-order chi connectivity index (χ1) is 18.4. The standard InChI is InChI=1S/C34H44N2O2/c1-24-7-8-25(27-10-9-26-13-16-35-20-28(26)17-27)5-4-6-30-18-29-11-12-31(36(3)21-32(2)22-37-23-32)19-33(29)14-15-34(24,30)38-33/h6,9-10,13,16-18,20,24-25,31H,4-5,7-8,11-12,14-15,19,21-23H2,1-3H3/b30-6-/t24-,25?,31?,33+,34-/m0/s1. The van der Waals surface area contributed by atoms with E-state index in [1.54, 1.807) is 5.57 Å². The number of nitrogens with zero attached hydrogens (tertiary/aromatic N) is 2. The Labute approximate surface area is 228 Å². The molecule has 1 aromatic carbocycles. The average molecular weight is 513 g/mol. The van der Waals surface area contributed by atoms with Gasteiger partial charge in [0.05, 0.1) is 24.4 Å². The fourth-order valence-corrected chi connectivity index (χ4v) is 8.56. The second-order valence-electron chi connectivity index (χ2n) is 13.7. The summed E-state index contributed by atoms with van der Waals surface area (Å²) >= 11 is 0. The molecule has 0 radical (unpaired) electrons. The predicted molar refractivity (Wildman–Crippen MR) is 153 cm³/mol. The highest BCUT2D eigenvalue weighted by Gasteiger charge is 2.59. The minimum atomic E-state index is -0.0973. The van der Waals surface area contributed by atoms with Gasteiger partial charge < -0.3 is 14.4 Å². The number of benzene rings is 1. The van der Waals surface area contributed by atoms with Crippen LogP contribution in [0.4, 0.5) is 0 Å². The topological polar surface area (TPSA) is 34.6 Å². The summed E-state index contributed by atoms with van der Waals surface area (Å²) in [7, 11) is 2.34. The van der Waals surface area contributed by atoms with Crippen LogP contribution in [0.1, 0.15) is 83.1 Å². The number of aromatic nitrogens is 1. The summed E-state index contributed by atoms with van der Waals surface area (Å²) < 4.78 is 13.0. The molecule has 202 valence electrons. The highest BCUT2D eigenvalue weighted by molar-refractivity contribution is 5.82. The van der Waals surface area contributed by atoms with Gasteiger partial charge in [-0.25, -0.2) is 0 Å². The van der Waals surface area contributed by atoms with Gasteiger partial charge in [0.25, 0.3) is 0 Å². The number of pyridine rings is 1. The van der Waals surface area contributed by atoms with Crippen LogP contribution in [0.25, 0.3) is 10.8 Å². The summed E-state index contributed by atoms with van der Waals surface area (Å²) in [4.78, 5) is 7.00. The van der Waals surface area contributed by atoms with Crippen molar-refractivity contribution < 1.29 is 9.47 Å². The second kappa shape index (κ2) is 9.28. The van der Waals surface area contributed by atoms with E-state index in [4.69, 9.17) is 9.47 Å². The van der Waals surface area contributed by atoms with Gasteiger partial charge in [0.2, 0.25) is 0 Å². The zero-order valence-corrected chi connectivity index (χ0v) is 23.5. The smallest absolute Gasteiger partial charge is 0.0966 e. The molecule has 4 nitrogen and oxygen atoms in total. The van der Waals surface area contributed by atoms with E-state index >= 15 is 0 Å². The second-order valence-corrected chi connectivity index (χ2v) is 13.7. The van der Waals surface area contributed by atoms with E-state index in [1.807, 2.05) is 12.4 Å². The number of fused-ring (bicyclic) bond motifs is 1. The molecule has 2 unspecified atom stereocenters. The first-order valence-electron chi connectivity index (χ1n) is 15.1. The van der Waals surface area contributed by atoms with Gasteiger partial charge in [0.1, 0.15) is 0 Å². The van der Waals surface area contributed by atoms with Crippen LogP contribution in [-0.2, 0) is 9.47 Å². The summed E-state index contributed by atoms with van der Waals surface area (Å²) in [6, 6.07) is 9.74. The molecular weight excluding hydrogens is 468 g/mol. The molecule has 2 saturated heterocycles. The van der Waals surface area contributed by atoms with Gasteiger partial charge in [-0.05, 0) is 111 Å².